The van der Waals surface area contributed by atoms with E-state index in [1.807, 2.05) is 36.7 Å². The highest BCUT2D eigenvalue weighted by Crippen LogP contribution is 2.38. The maximum absolute atomic E-state index is 12.2. The van der Waals surface area contributed by atoms with Crippen molar-refractivity contribution in [1.82, 2.24) is 20.2 Å². The van der Waals surface area contributed by atoms with E-state index in [-0.39, 0.29) is 5.91 Å². The molecule has 1 saturated carbocycles. The van der Waals surface area contributed by atoms with E-state index in [1.165, 1.54) is 12.0 Å². The average Bonchev–Trinajstić information content (AvgIpc) is 3.16. The molecule has 0 radical (unpaired) electrons. The first-order valence-corrected chi connectivity index (χ1v) is 8.60. The van der Waals surface area contributed by atoms with Crippen LogP contribution in [0, 0.1) is 5.92 Å². The highest BCUT2D eigenvalue weighted by atomic mass is 16.1. The molecule has 2 bridgehead atoms. The summed E-state index contributed by atoms with van der Waals surface area (Å²) in [5, 5.41) is 3.23. The molecular formula is C19H22N4O. The Morgan fingerprint density at radius 1 is 1.21 bits per heavy atom. The van der Waals surface area contributed by atoms with Gasteiger partial charge in [0.2, 0.25) is 5.91 Å². The monoisotopic (exact) mass is 322 g/mol. The fourth-order valence-electron chi connectivity index (χ4n) is 4.07. The summed E-state index contributed by atoms with van der Waals surface area (Å²) in [5.41, 5.74) is 2.09. The first-order chi connectivity index (χ1) is 11.8. The number of amides is 1. The molecule has 0 spiro atoms. The number of nitrogens with one attached hydrogen (secondary N) is 1. The van der Waals surface area contributed by atoms with Gasteiger partial charge < -0.3 is 5.32 Å². The molecule has 4 rings (SSSR count). The predicted molar refractivity (Wildman–Crippen MR) is 91.0 cm³/mol. The highest BCUT2D eigenvalue weighted by molar-refractivity contribution is 5.78. The minimum atomic E-state index is 0.0880. The molecule has 2 aliphatic rings. The van der Waals surface area contributed by atoms with Crippen molar-refractivity contribution in [3.63, 3.8) is 0 Å². The lowest BCUT2D eigenvalue weighted by molar-refractivity contribution is -0.121. The maximum Gasteiger partial charge on any atom is 0.226 e. The number of carbonyl (C=O) groups is 1. The zero-order valence-electron chi connectivity index (χ0n) is 13.6. The van der Waals surface area contributed by atoms with Gasteiger partial charge in [0.1, 0.15) is 0 Å². The van der Waals surface area contributed by atoms with Crippen LogP contribution in [0.3, 0.4) is 0 Å². The van der Waals surface area contributed by atoms with Gasteiger partial charge in [0.15, 0.2) is 0 Å². The molecule has 0 aromatic carbocycles. The second kappa shape index (κ2) is 6.69. The smallest absolute Gasteiger partial charge is 0.226 e. The van der Waals surface area contributed by atoms with Crippen molar-refractivity contribution < 1.29 is 4.79 Å². The van der Waals surface area contributed by atoms with E-state index in [0.717, 1.165) is 25.2 Å². The molecule has 24 heavy (non-hydrogen) atoms. The van der Waals surface area contributed by atoms with Crippen molar-refractivity contribution in [3.8, 4) is 0 Å². The Balaban J connectivity index is 1.29. The van der Waals surface area contributed by atoms with Gasteiger partial charge >= 0.3 is 0 Å². The van der Waals surface area contributed by atoms with Crippen LogP contribution in [0.1, 0.15) is 24.1 Å². The minimum absolute atomic E-state index is 0.0880. The lowest BCUT2D eigenvalue weighted by Crippen LogP contribution is -2.46. The SMILES string of the molecule is O=C(Cc1ccccn1)N[C@@H]1C[C@H]2C[C@H]1CN2Cc1cccnc1. The summed E-state index contributed by atoms with van der Waals surface area (Å²) in [6.07, 6.45) is 8.10. The fourth-order valence-corrected chi connectivity index (χ4v) is 4.07. The summed E-state index contributed by atoms with van der Waals surface area (Å²) < 4.78 is 0. The quantitative estimate of drug-likeness (QED) is 0.912. The number of aromatic nitrogens is 2. The maximum atomic E-state index is 12.2. The number of rotatable bonds is 5. The van der Waals surface area contributed by atoms with Crippen LogP contribution in [0.5, 0.6) is 0 Å². The summed E-state index contributed by atoms with van der Waals surface area (Å²) >= 11 is 0. The van der Waals surface area contributed by atoms with Gasteiger partial charge in [0.05, 0.1) is 6.42 Å². The summed E-state index contributed by atoms with van der Waals surface area (Å²) in [5.74, 6) is 0.657. The number of pyridine rings is 2. The van der Waals surface area contributed by atoms with Gasteiger partial charge in [-0.2, -0.15) is 0 Å². The number of fused-ring (bicyclic) bond motifs is 2. The predicted octanol–water partition coefficient (Wildman–Crippen LogP) is 1.80. The summed E-state index contributed by atoms with van der Waals surface area (Å²) in [6.45, 7) is 2.03. The van der Waals surface area contributed by atoms with Crippen molar-refractivity contribution in [1.29, 1.82) is 0 Å². The topological polar surface area (TPSA) is 58.1 Å². The van der Waals surface area contributed by atoms with Crippen LogP contribution < -0.4 is 5.32 Å². The molecule has 1 aliphatic carbocycles. The Kier molecular flexibility index (Phi) is 4.26. The van der Waals surface area contributed by atoms with Crippen molar-refractivity contribution in [2.45, 2.75) is 37.9 Å². The van der Waals surface area contributed by atoms with E-state index < -0.39 is 0 Å². The van der Waals surface area contributed by atoms with Gasteiger partial charge in [0, 0.05) is 49.5 Å². The van der Waals surface area contributed by atoms with E-state index in [4.69, 9.17) is 0 Å². The van der Waals surface area contributed by atoms with Gasteiger partial charge in [-0.15, -0.1) is 0 Å². The number of likely N-dealkylation sites (tertiary alicyclic amines) is 1. The van der Waals surface area contributed by atoms with Gasteiger partial charge in [0.25, 0.3) is 0 Å². The Hall–Kier alpha value is -2.27. The third-order valence-corrected chi connectivity index (χ3v) is 5.18. The molecule has 3 heterocycles. The van der Waals surface area contributed by atoms with Gasteiger partial charge in [-0.1, -0.05) is 12.1 Å². The zero-order chi connectivity index (χ0) is 16.4. The number of hydrogen-bond acceptors (Lipinski definition) is 4. The molecule has 1 saturated heterocycles. The van der Waals surface area contributed by atoms with Crippen LogP contribution in [0.15, 0.2) is 48.9 Å². The number of nitrogens with zero attached hydrogens (tertiary/aromatic N) is 3. The lowest BCUT2D eigenvalue weighted by Gasteiger charge is -2.31. The van der Waals surface area contributed by atoms with Crippen LogP contribution in [0.25, 0.3) is 0 Å². The van der Waals surface area contributed by atoms with E-state index in [1.54, 1.807) is 6.20 Å². The minimum Gasteiger partial charge on any atom is -0.353 e. The van der Waals surface area contributed by atoms with Crippen LogP contribution in [-0.2, 0) is 17.8 Å². The fraction of sp³-hybridized carbons (Fsp3) is 0.421. The molecule has 2 aromatic rings. The standard InChI is InChI=1S/C19H22N4O/c24-19(9-16-5-1-2-7-21-16)22-18-10-17-8-15(18)13-23(17)12-14-4-3-6-20-11-14/h1-7,11,15,17-18H,8-10,12-13H2,(H,22,24)/t15-,17+,18+/m0/s1. The van der Waals surface area contributed by atoms with Crippen molar-refractivity contribution in [2.75, 3.05) is 6.54 Å². The van der Waals surface area contributed by atoms with Crippen LogP contribution in [0.2, 0.25) is 0 Å². The molecule has 2 fully saturated rings. The van der Waals surface area contributed by atoms with Gasteiger partial charge in [-0.25, -0.2) is 0 Å². The summed E-state index contributed by atoms with van der Waals surface area (Å²) in [4.78, 5) is 23.2. The Labute approximate surface area is 142 Å². The average molecular weight is 322 g/mol. The first-order valence-electron chi connectivity index (χ1n) is 8.60. The van der Waals surface area contributed by atoms with Crippen LogP contribution in [-0.4, -0.2) is 39.4 Å². The summed E-state index contributed by atoms with van der Waals surface area (Å²) in [7, 11) is 0. The lowest BCUT2D eigenvalue weighted by atomic mass is 10.0. The summed E-state index contributed by atoms with van der Waals surface area (Å²) in [6, 6.07) is 10.7. The third-order valence-electron chi connectivity index (χ3n) is 5.18. The Morgan fingerprint density at radius 2 is 2.17 bits per heavy atom. The van der Waals surface area contributed by atoms with Crippen LogP contribution in [0.4, 0.5) is 0 Å². The Bertz CT molecular complexity index is 691. The highest BCUT2D eigenvalue weighted by Gasteiger charge is 2.44. The molecular weight excluding hydrogens is 300 g/mol. The first kappa shape index (κ1) is 15.3. The van der Waals surface area contributed by atoms with Crippen molar-refractivity contribution >= 4 is 5.91 Å². The van der Waals surface area contributed by atoms with Gasteiger partial charge in [-0.3, -0.25) is 19.7 Å². The zero-order valence-corrected chi connectivity index (χ0v) is 13.6. The number of hydrogen-bond donors (Lipinski definition) is 1. The van der Waals surface area contributed by atoms with Crippen molar-refractivity contribution in [2.24, 2.45) is 5.92 Å². The second-order valence-electron chi connectivity index (χ2n) is 6.85. The molecule has 3 atom stereocenters. The van der Waals surface area contributed by atoms with E-state index in [0.29, 0.717) is 24.4 Å². The van der Waals surface area contributed by atoms with E-state index in [9.17, 15) is 4.79 Å². The largest absolute Gasteiger partial charge is 0.353 e. The third kappa shape index (κ3) is 3.31. The molecule has 1 amide bonds. The molecule has 5 heteroatoms. The molecule has 124 valence electrons. The normalized spacial score (nSPS) is 25.8. The molecule has 5 nitrogen and oxygen atoms in total. The van der Waals surface area contributed by atoms with Gasteiger partial charge in [-0.05, 0) is 42.5 Å². The van der Waals surface area contributed by atoms with Crippen molar-refractivity contribution in [3.05, 3.63) is 60.2 Å². The number of piperidine rings is 1. The van der Waals surface area contributed by atoms with E-state index >= 15 is 0 Å². The van der Waals surface area contributed by atoms with Crippen LogP contribution >= 0.6 is 0 Å². The van der Waals surface area contributed by atoms with E-state index in [2.05, 4.69) is 26.3 Å². The number of carbonyl (C=O) groups excluding carboxylic acids is 1. The molecule has 0 unspecified atom stereocenters. The Morgan fingerprint density at radius 3 is 2.88 bits per heavy atom. The second-order valence-corrected chi connectivity index (χ2v) is 6.85. The molecule has 1 N–H and O–H groups in total. The molecule has 1 aliphatic heterocycles. The molecule has 2 aromatic heterocycles.